The summed E-state index contributed by atoms with van der Waals surface area (Å²) in [6, 6.07) is 32.6. The number of benzene rings is 4. The quantitative estimate of drug-likeness (QED) is 0.102. The van der Waals surface area contributed by atoms with Gasteiger partial charge in [0.05, 0.1) is 39.6 Å². The summed E-state index contributed by atoms with van der Waals surface area (Å²) in [6.45, 7) is 1.63. The Kier molecular flexibility index (Phi) is 12.9. The molecule has 1 aliphatic carbocycles. The molecule has 14 nitrogen and oxygen atoms in total. The molecule has 1 saturated carbocycles. The number of phosphoric ester groups is 2. The number of fused-ring (bicyclic) bond motifs is 2. The molecule has 0 unspecified atom stereocenters. The second-order valence-corrected chi connectivity index (χ2v) is 16.6. The molecule has 4 aromatic carbocycles. The Morgan fingerprint density at radius 2 is 0.786 bits per heavy atom. The Bertz CT molecular complexity index is 1860. The number of ether oxygens (including phenoxy) is 4. The van der Waals surface area contributed by atoms with Crippen LogP contribution in [0.3, 0.4) is 0 Å². The molecule has 0 bridgehead atoms. The van der Waals surface area contributed by atoms with Crippen LogP contribution in [0.2, 0.25) is 0 Å². The Balaban J connectivity index is 1.33. The Morgan fingerprint density at radius 3 is 1.09 bits per heavy atom. The minimum absolute atomic E-state index is 0.0877. The first kappa shape index (κ1) is 40.2. The predicted octanol–water partition coefficient (Wildman–Crippen LogP) is 7.51. The normalized spacial score (nSPS) is 25.4. The van der Waals surface area contributed by atoms with E-state index in [2.05, 4.69) is 0 Å². The Labute approximate surface area is 324 Å². The van der Waals surface area contributed by atoms with E-state index < -0.39 is 64.2 Å². The SMILES string of the molecule is CC(=O)O[C@H]1[C@@H](OCc2ccccc2)[C@@H](OP2(=O)OCc3ccccc3CO2)[C@H](OP2(=O)OCc3ccccc3CO2)[C@@H](OCc2ccccc2)[C@@H]1OC(C)=O. The number of hydrogen-bond acceptors (Lipinski definition) is 14. The first-order chi connectivity index (χ1) is 27.1. The van der Waals surface area contributed by atoms with Gasteiger partial charge >= 0.3 is 27.6 Å². The van der Waals surface area contributed by atoms with Crippen molar-refractivity contribution in [2.24, 2.45) is 0 Å². The van der Waals surface area contributed by atoms with Crippen LogP contribution >= 0.6 is 15.6 Å². The van der Waals surface area contributed by atoms with Crippen LogP contribution in [-0.2, 0) is 104 Å². The molecule has 0 spiro atoms. The lowest BCUT2D eigenvalue weighted by Gasteiger charge is -2.48. The van der Waals surface area contributed by atoms with Gasteiger partial charge in [-0.3, -0.25) is 36.7 Å². The van der Waals surface area contributed by atoms with Gasteiger partial charge in [0.2, 0.25) is 0 Å². The molecule has 1 fully saturated rings. The van der Waals surface area contributed by atoms with Crippen molar-refractivity contribution < 1.29 is 64.8 Å². The zero-order valence-electron chi connectivity index (χ0n) is 30.7. The minimum atomic E-state index is -4.56. The fraction of sp³-hybridized carbons (Fsp3) is 0.350. The highest BCUT2D eigenvalue weighted by molar-refractivity contribution is 7.48. The van der Waals surface area contributed by atoms with E-state index in [0.29, 0.717) is 11.1 Å². The van der Waals surface area contributed by atoms with Crippen molar-refractivity contribution in [3.63, 3.8) is 0 Å². The first-order valence-electron chi connectivity index (χ1n) is 18.0. The molecule has 0 amide bonds. The molecule has 0 radical (unpaired) electrons. The summed E-state index contributed by atoms with van der Waals surface area (Å²) < 4.78 is 90.3. The highest BCUT2D eigenvalue weighted by atomic mass is 31.2. The van der Waals surface area contributed by atoms with E-state index >= 15 is 0 Å². The fourth-order valence-electron chi connectivity index (χ4n) is 6.69. The van der Waals surface area contributed by atoms with Gasteiger partial charge in [-0.2, -0.15) is 0 Å². The average molecular weight is 809 g/mol. The van der Waals surface area contributed by atoms with Crippen LogP contribution in [-0.4, -0.2) is 48.6 Å². The number of carbonyl (C=O) groups excluding carboxylic acids is 2. The van der Waals surface area contributed by atoms with Gasteiger partial charge in [0.15, 0.2) is 12.2 Å². The topological polar surface area (TPSA) is 161 Å². The van der Waals surface area contributed by atoms with E-state index in [-0.39, 0.29) is 39.6 Å². The van der Waals surface area contributed by atoms with Gasteiger partial charge in [-0.25, -0.2) is 9.13 Å². The number of hydrogen-bond donors (Lipinski definition) is 0. The maximum Gasteiger partial charge on any atom is 0.475 e. The van der Waals surface area contributed by atoms with Crippen LogP contribution in [0.15, 0.2) is 109 Å². The van der Waals surface area contributed by atoms with Crippen LogP contribution < -0.4 is 0 Å². The van der Waals surface area contributed by atoms with E-state index in [0.717, 1.165) is 22.3 Å². The maximum atomic E-state index is 14.7. The summed E-state index contributed by atoms with van der Waals surface area (Å²) in [5, 5.41) is 0. The van der Waals surface area contributed by atoms with E-state index in [1.807, 2.05) is 109 Å². The van der Waals surface area contributed by atoms with Crippen LogP contribution in [0.1, 0.15) is 47.2 Å². The zero-order chi connectivity index (χ0) is 39.1. The summed E-state index contributed by atoms with van der Waals surface area (Å²) in [5.41, 5.74) is 4.32. The zero-order valence-corrected chi connectivity index (χ0v) is 32.5. The third-order valence-corrected chi connectivity index (χ3v) is 12.2. The van der Waals surface area contributed by atoms with Crippen molar-refractivity contribution >= 4 is 27.6 Å². The van der Waals surface area contributed by atoms with Crippen LogP contribution in [0.25, 0.3) is 0 Å². The second-order valence-electron chi connectivity index (χ2n) is 13.3. The third kappa shape index (κ3) is 9.90. The first-order valence-corrected chi connectivity index (χ1v) is 20.9. The van der Waals surface area contributed by atoms with Gasteiger partial charge in [0, 0.05) is 13.8 Å². The molecule has 2 aliphatic heterocycles. The third-order valence-electron chi connectivity index (χ3n) is 9.37. The molecule has 3 aliphatic rings. The number of rotatable bonds is 12. The summed E-state index contributed by atoms with van der Waals surface area (Å²) in [6.07, 6.45) is -9.03. The molecule has 16 heteroatoms. The molecule has 0 saturated heterocycles. The fourth-order valence-corrected chi connectivity index (χ4v) is 9.35. The van der Waals surface area contributed by atoms with Crippen molar-refractivity contribution in [2.45, 2.75) is 90.1 Å². The smallest absolute Gasteiger partial charge is 0.456 e. The van der Waals surface area contributed by atoms with Gasteiger partial charge < -0.3 is 18.9 Å². The van der Waals surface area contributed by atoms with Gasteiger partial charge in [0.25, 0.3) is 0 Å². The molecule has 2 heterocycles. The van der Waals surface area contributed by atoms with Crippen LogP contribution in [0, 0.1) is 0 Å². The number of phosphoric acid groups is 2. The summed E-state index contributed by atoms with van der Waals surface area (Å²) >= 11 is 0. The van der Waals surface area contributed by atoms with Gasteiger partial charge in [-0.15, -0.1) is 0 Å². The summed E-state index contributed by atoms with van der Waals surface area (Å²) in [4.78, 5) is 25.7. The molecule has 56 heavy (non-hydrogen) atoms. The molecule has 7 rings (SSSR count). The monoisotopic (exact) mass is 808 g/mol. The molecule has 0 aromatic heterocycles. The summed E-state index contributed by atoms with van der Waals surface area (Å²) in [7, 11) is -9.11. The van der Waals surface area contributed by atoms with Crippen molar-refractivity contribution in [2.75, 3.05) is 0 Å². The van der Waals surface area contributed by atoms with Crippen molar-refractivity contribution in [1.82, 2.24) is 0 Å². The van der Waals surface area contributed by atoms with Crippen LogP contribution in [0.5, 0.6) is 0 Å². The second kappa shape index (κ2) is 18.0. The van der Waals surface area contributed by atoms with E-state index in [1.54, 1.807) is 0 Å². The molecular formula is C40H42O14P2. The van der Waals surface area contributed by atoms with Gasteiger partial charge in [-0.1, -0.05) is 109 Å². The number of carbonyl (C=O) groups is 2. The molecular weight excluding hydrogens is 766 g/mol. The predicted molar refractivity (Wildman–Crippen MR) is 198 cm³/mol. The lowest BCUT2D eigenvalue weighted by molar-refractivity contribution is -0.256. The van der Waals surface area contributed by atoms with Crippen molar-refractivity contribution in [1.29, 1.82) is 0 Å². The van der Waals surface area contributed by atoms with Crippen molar-refractivity contribution in [3.05, 3.63) is 143 Å². The van der Waals surface area contributed by atoms with Gasteiger partial charge in [-0.05, 0) is 33.4 Å². The average Bonchev–Trinajstić information content (AvgIpc) is 3.47. The molecule has 296 valence electrons. The number of esters is 2. The van der Waals surface area contributed by atoms with E-state index in [4.69, 9.17) is 46.1 Å². The highest BCUT2D eigenvalue weighted by Gasteiger charge is 2.61. The molecule has 4 aromatic rings. The standard InChI is InChI=1S/C40H42O14P2/c1-27(41)51-37-35(45-21-29-13-5-3-6-14-29)39(53-55(43)47-23-31-17-9-10-18-32(31)24-48-55)40(54-56(44)49-25-33-19-11-12-20-34(33)26-50-56)36(38(37)52-28(2)42)46-22-30-15-7-4-8-16-30/h3-20,35-40H,21-26H2,1-2H3/t35-,36+,37-,38-,39+,40+/m0/s1. The lowest BCUT2D eigenvalue weighted by Crippen LogP contribution is -2.67. The highest BCUT2D eigenvalue weighted by Crippen LogP contribution is 2.59. The van der Waals surface area contributed by atoms with E-state index in [9.17, 15) is 18.7 Å². The lowest BCUT2D eigenvalue weighted by atomic mass is 9.84. The Morgan fingerprint density at radius 1 is 0.482 bits per heavy atom. The molecule has 6 atom stereocenters. The minimum Gasteiger partial charge on any atom is -0.456 e. The largest absolute Gasteiger partial charge is 0.475 e. The Hall–Kier alpha value is -4.04. The molecule has 0 N–H and O–H groups in total. The van der Waals surface area contributed by atoms with Crippen LogP contribution in [0.4, 0.5) is 0 Å². The van der Waals surface area contributed by atoms with E-state index in [1.165, 1.54) is 13.8 Å². The van der Waals surface area contributed by atoms with Crippen molar-refractivity contribution in [3.8, 4) is 0 Å². The summed E-state index contributed by atoms with van der Waals surface area (Å²) in [5.74, 6) is -1.52. The maximum absolute atomic E-state index is 14.7. The van der Waals surface area contributed by atoms with Gasteiger partial charge in [0.1, 0.15) is 24.4 Å².